The van der Waals surface area contributed by atoms with Crippen LogP contribution in [0.1, 0.15) is 33.7 Å². The Morgan fingerprint density at radius 2 is 1.44 bits per heavy atom. The first-order chi connectivity index (χ1) is 17.6. The molecule has 2 heterocycles. The van der Waals surface area contributed by atoms with E-state index in [4.69, 9.17) is 4.74 Å². The van der Waals surface area contributed by atoms with Gasteiger partial charge in [-0.25, -0.2) is 9.59 Å². The Kier molecular flexibility index (Phi) is 5.85. The molecule has 0 spiro atoms. The molecule has 3 aromatic rings. The third-order valence-electron chi connectivity index (χ3n) is 7.64. The molecular weight excluding hydrogens is 454 g/mol. The minimum Gasteiger partial charge on any atom is -0.465 e. The molecule has 0 atom stereocenters. The number of hydrogen-bond donors (Lipinski definition) is 1. The standard InChI is InChI=1S/C29H29N3O4/c33-28(34)32-17-21-10-9-20(15-22(21)18-32)16-30-11-13-31(14-12-30)29(35)36-19-27-25-7-3-1-5-23(25)24-6-2-4-8-26(24)27/h1-10,15,27H,11-14,16-19H2,(H,33,34). The molecule has 2 aliphatic heterocycles. The van der Waals surface area contributed by atoms with Gasteiger partial charge in [0.05, 0.1) is 0 Å². The molecule has 36 heavy (non-hydrogen) atoms. The van der Waals surface area contributed by atoms with Crippen LogP contribution in [-0.4, -0.2) is 64.8 Å². The van der Waals surface area contributed by atoms with Crippen molar-refractivity contribution in [1.82, 2.24) is 14.7 Å². The summed E-state index contributed by atoms with van der Waals surface area (Å²) in [5.74, 6) is 0.0690. The first kappa shape index (κ1) is 22.6. The molecule has 0 bridgehead atoms. The fourth-order valence-electron chi connectivity index (χ4n) is 5.71. The Hall–Kier alpha value is -3.84. The van der Waals surface area contributed by atoms with Crippen molar-refractivity contribution >= 4 is 12.2 Å². The van der Waals surface area contributed by atoms with Crippen LogP contribution in [0.4, 0.5) is 9.59 Å². The quantitative estimate of drug-likeness (QED) is 0.580. The van der Waals surface area contributed by atoms with Gasteiger partial charge >= 0.3 is 12.2 Å². The largest absolute Gasteiger partial charge is 0.465 e. The van der Waals surface area contributed by atoms with Gasteiger partial charge in [0.2, 0.25) is 0 Å². The summed E-state index contributed by atoms with van der Waals surface area (Å²) in [6, 6.07) is 23.0. The van der Waals surface area contributed by atoms with Crippen LogP contribution >= 0.6 is 0 Å². The van der Waals surface area contributed by atoms with Crippen molar-refractivity contribution < 1.29 is 19.4 Å². The van der Waals surface area contributed by atoms with Crippen molar-refractivity contribution in [3.05, 3.63) is 94.5 Å². The third kappa shape index (κ3) is 4.20. The summed E-state index contributed by atoms with van der Waals surface area (Å²) < 4.78 is 5.83. The number of hydrogen-bond acceptors (Lipinski definition) is 4. The van der Waals surface area contributed by atoms with E-state index in [1.165, 1.54) is 32.7 Å². The Balaban J connectivity index is 1.03. The van der Waals surface area contributed by atoms with Crippen molar-refractivity contribution in [2.45, 2.75) is 25.6 Å². The number of carbonyl (C=O) groups excluding carboxylic acids is 1. The Morgan fingerprint density at radius 3 is 2.11 bits per heavy atom. The highest BCUT2D eigenvalue weighted by molar-refractivity contribution is 5.79. The van der Waals surface area contributed by atoms with E-state index in [1.54, 1.807) is 4.90 Å². The van der Waals surface area contributed by atoms with Gasteiger partial charge in [0, 0.05) is 51.7 Å². The van der Waals surface area contributed by atoms with E-state index in [1.807, 2.05) is 18.2 Å². The van der Waals surface area contributed by atoms with E-state index < -0.39 is 6.09 Å². The molecule has 0 unspecified atom stereocenters. The second-order valence-corrected chi connectivity index (χ2v) is 9.81. The summed E-state index contributed by atoms with van der Waals surface area (Å²) in [6.07, 6.45) is -1.13. The number of carboxylic acid groups (broad SMARTS) is 1. The van der Waals surface area contributed by atoms with Crippen LogP contribution in [0.3, 0.4) is 0 Å². The van der Waals surface area contributed by atoms with Gasteiger partial charge in [0.1, 0.15) is 6.61 Å². The van der Waals surface area contributed by atoms with Gasteiger partial charge in [0.25, 0.3) is 0 Å². The van der Waals surface area contributed by atoms with Crippen molar-refractivity contribution in [1.29, 1.82) is 0 Å². The highest BCUT2D eigenvalue weighted by Gasteiger charge is 2.30. The molecule has 0 radical (unpaired) electrons. The van der Waals surface area contributed by atoms with Crippen molar-refractivity contribution in [2.75, 3.05) is 32.8 Å². The lowest BCUT2D eigenvalue weighted by atomic mass is 9.98. The summed E-state index contributed by atoms with van der Waals surface area (Å²) in [7, 11) is 0. The molecule has 0 aromatic heterocycles. The molecule has 1 saturated heterocycles. The van der Waals surface area contributed by atoms with Crippen LogP contribution in [0.25, 0.3) is 11.1 Å². The van der Waals surface area contributed by atoms with Gasteiger partial charge < -0.3 is 14.7 Å². The summed E-state index contributed by atoms with van der Waals surface area (Å²) >= 11 is 0. The number of benzene rings is 3. The van der Waals surface area contributed by atoms with Crippen molar-refractivity contribution in [3.8, 4) is 11.1 Å². The number of fused-ring (bicyclic) bond motifs is 4. The number of piperazine rings is 1. The molecule has 3 aliphatic rings. The number of ether oxygens (including phenoxy) is 1. The van der Waals surface area contributed by atoms with E-state index in [9.17, 15) is 14.7 Å². The molecule has 3 aromatic carbocycles. The fourth-order valence-corrected chi connectivity index (χ4v) is 5.71. The number of amides is 2. The van der Waals surface area contributed by atoms with Crippen molar-refractivity contribution in [3.63, 3.8) is 0 Å². The van der Waals surface area contributed by atoms with E-state index in [0.717, 1.165) is 30.8 Å². The number of rotatable bonds is 4. The fraction of sp³-hybridized carbons (Fsp3) is 0.310. The van der Waals surface area contributed by atoms with Crippen LogP contribution in [-0.2, 0) is 24.4 Å². The summed E-state index contributed by atoms with van der Waals surface area (Å²) in [5.41, 5.74) is 8.24. The van der Waals surface area contributed by atoms with Gasteiger partial charge in [-0.2, -0.15) is 0 Å². The van der Waals surface area contributed by atoms with Crippen molar-refractivity contribution in [2.24, 2.45) is 0 Å². The lowest BCUT2D eigenvalue weighted by molar-refractivity contribution is 0.0728. The molecule has 6 rings (SSSR count). The predicted molar refractivity (Wildman–Crippen MR) is 136 cm³/mol. The topological polar surface area (TPSA) is 73.3 Å². The smallest absolute Gasteiger partial charge is 0.409 e. The molecule has 2 amide bonds. The van der Waals surface area contributed by atoms with E-state index in [-0.39, 0.29) is 12.0 Å². The van der Waals surface area contributed by atoms with Gasteiger partial charge in [-0.3, -0.25) is 9.80 Å². The van der Waals surface area contributed by atoms with Crippen LogP contribution < -0.4 is 0 Å². The monoisotopic (exact) mass is 483 g/mol. The normalized spacial score (nSPS) is 17.0. The maximum Gasteiger partial charge on any atom is 0.409 e. The van der Waals surface area contributed by atoms with Crippen LogP contribution in [0.5, 0.6) is 0 Å². The second kappa shape index (κ2) is 9.32. The predicted octanol–water partition coefficient (Wildman–Crippen LogP) is 4.75. The van der Waals surface area contributed by atoms with Crippen LogP contribution in [0.2, 0.25) is 0 Å². The maximum atomic E-state index is 12.9. The van der Waals surface area contributed by atoms with Crippen LogP contribution in [0.15, 0.2) is 66.7 Å². The highest BCUT2D eigenvalue weighted by atomic mass is 16.6. The zero-order valence-corrected chi connectivity index (χ0v) is 20.1. The molecule has 1 fully saturated rings. The molecule has 0 saturated carbocycles. The average molecular weight is 484 g/mol. The Labute approximate surface area is 210 Å². The summed E-state index contributed by atoms with van der Waals surface area (Å²) in [5, 5.41) is 9.25. The first-order valence-corrected chi connectivity index (χ1v) is 12.5. The molecule has 7 heteroatoms. The minimum absolute atomic E-state index is 0.0690. The number of carbonyl (C=O) groups is 2. The maximum absolute atomic E-state index is 12.9. The van der Waals surface area contributed by atoms with Gasteiger partial charge in [-0.15, -0.1) is 0 Å². The van der Waals surface area contributed by atoms with Gasteiger partial charge in [-0.1, -0.05) is 66.7 Å². The molecule has 7 nitrogen and oxygen atoms in total. The van der Waals surface area contributed by atoms with E-state index in [0.29, 0.717) is 32.8 Å². The zero-order valence-electron chi connectivity index (χ0n) is 20.1. The Morgan fingerprint density at radius 1 is 0.806 bits per heavy atom. The molecule has 1 N–H and O–H groups in total. The molecular formula is C29H29N3O4. The second-order valence-electron chi connectivity index (χ2n) is 9.81. The highest BCUT2D eigenvalue weighted by Crippen LogP contribution is 2.44. The summed E-state index contributed by atoms with van der Waals surface area (Å²) in [6.45, 7) is 4.88. The minimum atomic E-state index is -0.878. The lowest BCUT2D eigenvalue weighted by Gasteiger charge is -2.34. The molecule has 1 aliphatic carbocycles. The first-order valence-electron chi connectivity index (χ1n) is 12.5. The van der Waals surface area contributed by atoms with E-state index in [2.05, 4.69) is 53.4 Å². The van der Waals surface area contributed by atoms with Gasteiger partial charge in [0.15, 0.2) is 0 Å². The van der Waals surface area contributed by atoms with Gasteiger partial charge in [-0.05, 0) is 38.9 Å². The SMILES string of the molecule is O=C(O)N1Cc2ccc(CN3CCN(C(=O)OCC4c5ccccc5-c5ccccc54)CC3)cc2C1. The summed E-state index contributed by atoms with van der Waals surface area (Å²) in [4.78, 5) is 29.7. The average Bonchev–Trinajstić information content (AvgIpc) is 3.47. The zero-order chi connectivity index (χ0) is 24.6. The van der Waals surface area contributed by atoms with Crippen LogP contribution in [0, 0.1) is 0 Å². The molecule has 184 valence electrons. The lowest BCUT2D eigenvalue weighted by Crippen LogP contribution is -2.48. The van der Waals surface area contributed by atoms with E-state index >= 15 is 0 Å². The Bertz CT molecular complexity index is 1270. The third-order valence-corrected chi connectivity index (χ3v) is 7.64. The number of nitrogens with zero attached hydrogens (tertiary/aromatic N) is 3.